The van der Waals surface area contributed by atoms with Gasteiger partial charge in [-0.3, -0.25) is 0 Å². The van der Waals surface area contributed by atoms with Crippen molar-refractivity contribution >= 4 is 23.1 Å². The first-order valence-electron chi connectivity index (χ1n) is 8.79. The molecule has 1 saturated heterocycles. The first kappa shape index (κ1) is 17.7. The summed E-state index contributed by atoms with van der Waals surface area (Å²) < 4.78 is 0. The molecule has 1 fully saturated rings. The monoisotopic (exact) mass is 358 g/mol. The Balaban J connectivity index is 1.63. The fraction of sp³-hybridized carbons (Fsp3) is 0.500. The van der Waals surface area contributed by atoms with E-state index in [0.717, 1.165) is 55.2 Å². The molecule has 0 aromatic carbocycles. The van der Waals surface area contributed by atoms with Crippen molar-refractivity contribution in [2.75, 3.05) is 37.6 Å². The maximum atomic E-state index is 4.85. The van der Waals surface area contributed by atoms with E-state index in [-0.39, 0.29) is 0 Å². The number of pyridine rings is 1. The Morgan fingerprint density at radius 1 is 1.24 bits per heavy atom. The Morgan fingerprint density at radius 2 is 2.04 bits per heavy atom. The molecule has 1 aliphatic rings. The van der Waals surface area contributed by atoms with Crippen molar-refractivity contribution in [2.24, 2.45) is 4.99 Å². The second-order valence-electron chi connectivity index (χ2n) is 6.07. The van der Waals surface area contributed by atoms with Gasteiger partial charge in [0.15, 0.2) is 5.96 Å². The number of aromatic nitrogens is 2. The van der Waals surface area contributed by atoms with Crippen molar-refractivity contribution in [1.29, 1.82) is 0 Å². The number of piperazine rings is 1. The van der Waals surface area contributed by atoms with Gasteiger partial charge in [0.25, 0.3) is 0 Å². The van der Waals surface area contributed by atoms with Gasteiger partial charge in [-0.1, -0.05) is 6.07 Å². The number of nitrogens with zero attached hydrogens (tertiary/aromatic N) is 5. The average Bonchev–Trinajstić information content (AvgIpc) is 2.97. The lowest BCUT2D eigenvalue weighted by molar-refractivity contribution is 0.371. The van der Waals surface area contributed by atoms with Crippen LogP contribution < -0.4 is 10.2 Å². The summed E-state index contributed by atoms with van der Waals surface area (Å²) in [7, 11) is 0. The predicted octanol–water partition coefficient (Wildman–Crippen LogP) is 2.44. The number of thiazole rings is 1. The molecule has 1 aliphatic heterocycles. The van der Waals surface area contributed by atoms with Gasteiger partial charge in [-0.05, 0) is 32.9 Å². The minimum atomic E-state index is 0.695. The van der Waals surface area contributed by atoms with Crippen LogP contribution in [0.2, 0.25) is 0 Å². The summed E-state index contributed by atoms with van der Waals surface area (Å²) in [5.74, 6) is 2.05. The molecule has 25 heavy (non-hydrogen) atoms. The Morgan fingerprint density at radius 3 is 2.64 bits per heavy atom. The molecule has 0 amide bonds. The number of guanidine groups is 1. The molecule has 0 bridgehead atoms. The van der Waals surface area contributed by atoms with E-state index in [9.17, 15) is 0 Å². The highest BCUT2D eigenvalue weighted by Gasteiger charge is 2.20. The van der Waals surface area contributed by atoms with Gasteiger partial charge in [0, 0.05) is 43.8 Å². The third kappa shape index (κ3) is 4.48. The van der Waals surface area contributed by atoms with Crippen LogP contribution in [0.5, 0.6) is 0 Å². The summed E-state index contributed by atoms with van der Waals surface area (Å²) >= 11 is 1.74. The molecule has 1 N–H and O–H groups in total. The van der Waals surface area contributed by atoms with E-state index in [2.05, 4.69) is 45.0 Å². The minimum Gasteiger partial charge on any atom is -0.357 e. The molecule has 3 heterocycles. The van der Waals surface area contributed by atoms with Crippen LogP contribution in [-0.4, -0.2) is 53.6 Å². The van der Waals surface area contributed by atoms with Crippen LogP contribution in [0.3, 0.4) is 0 Å². The lowest BCUT2D eigenvalue weighted by Crippen LogP contribution is -2.52. The van der Waals surface area contributed by atoms with Gasteiger partial charge >= 0.3 is 0 Å². The normalized spacial score (nSPS) is 15.6. The zero-order valence-electron chi connectivity index (χ0n) is 15.2. The van der Waals surface area contributed by atoms with Crippen LogP contribution in [0, 0.1) is 13.8 Å². The number of hydrogen-bond acceptors (Lipinski definition) is 5. The first-order valence-corrected chi connectivity index (χ1v) is 9.61. The summed E-state index contributed by atoms with van der Waals surface area (Å²) in [4.78, 5) is 19.7. The quantitative estimate of drug-likeness (QED) is 0.672. The van der Waals surface area contributed by atoms with E-state index in [1.165, 1.54) is 4.88 Å². The van der Waals surface area contributed by atoms with Crippen LogP contribution in [0.25, 0.3) is 0 Å². The van der Waals surface area contributed by atoms with Gasteiger partial charge in [0.1, 0.15) is 5.82 Å². The van der Waals surface area contributed by atoms with Crippen molar-refractivity contribution in [2.45, 2.75) is 27.3 Å². The van der Waals surface area contributed by atoms with Crippen LogP contribution in [0.15, 0.2) is 29.4 Å². The lowest BCUT2D eigenvalue weighted by Gasteiger charge is -2.37. The minimum absolute atomic E-state index is 0.695. The third-order valence-electron chi connectivity index (χ3n) is 4.26. The Kier molecular flexibility index (Phi) is 5.86. The number of aryl methyl sites for hydroxylation is 2. The van der Waals surface area contributed by atoms with E-state index < -0.39 is 0 Å². The standard InChI is InChI=1S/C18H26N6S/c1-4-19-18(21-13-16-14(2)22-15(3)25-16)24-11-9-23(10-12-24)17-7-5-6-8-20-17/h5-8H,4,9-13H2,1-3H3,(H,19,21). The predicted molar refractivity (Wildman–Crippen MR) is 104 cm³/mol. The van der Waals surface area contributed by atoms with Crippen molar-refractivity contribution in [3.63, 3.8) is 0 Å². The summed E-state index contributed by atoms with van der Waals surface area (Å²) in [5, 5.41) is 4.54. The first-order chi connectivity index (χ1) is 12.2. The van der Waals surface area contributed by atoms with E-state index in [1.807, 2.05) is 25.3 Å². The highest BCUT2D eigenvalue weighted by molar-refractivity contribution is 7.11. The molecule has 3 rings (SSSR count). The zero-order chi connectivity index (χ0) is 17.6. The Hall–Kier alpha value is -2.15. The number of rotatable bonds is 4. The van der Waals surface area contributed by atoms with E-state index >= 15 is 0 Å². The molecule has 7 heteroatoms. The molecule has 0 radical (unpaired) electrons. The van der Waals surface area contributed by atoms with Gasteiger partial charge < -0.3 is 15.1 Å². The molecule has 134 valence electrons. The van der Waals surface area contributed by atoms with Crippen molar-refractivity contribution in [3.05, 3.63) is 40.0 Å². The second-order valence-corrected chi connectivity index (χ2v) is 7.36. The smallest absolute Gasteiger partial charge is 0.194 e. The van der Waals surface area contributed by atoms with Crippen LogP contribution in [0.4, 0.5) is 5.82 Å². The lowest BCUT2D eigenvalue weighted by atomic mass is 10.3. The van der Waals surface area contributed by atoms with Gasteiger partial charge in [-0.2, -0.15) is 0 Å². The van der Waals surface area contributed by atoms with Crippen molar-refractivity contribution < 1.29 is 0 Å². The summed E-state index contributed by atoms with van der Waals surface area (Å²) in [6.07, 6.45) is 1.85. The molecule has 0 spiro atoms. The van der Waals surface area contributed by atoms with E-state index in [1.54, 1.807) is 11.3 Å². The molecule has 0 atom stereocenters. The van der Waals surface area contributed by atoms with E-state index in [0.29, 0.717) is 6.54 Å². The molecule has 0 unspecified atom stereocenters. The number of nitrogens with one attached hydrogen (secondary N) is 1. The van der Waals surface area contributed by atoms with Gasteiger partial charge in [-0.15, -0.1) is 11.3 Å². The van der Waals surface area contributed by atoms with Gasteiger partial charge in [0.05, 0.1) is 17.2 Å². The molecule has 0 aliphatic carbocycles. The molecule has 6 nitrogen and oxygen atoms in total. The summed E-state index contributed by atoms with van der Waals surface area (Å²) in [6, 6.07) is 6.07. The van der Waals surface area contributed by atoms with Crippen molar-refractivity contribution in [1.82, 2.24) is 20.2 Å². The fourth-order valence-electron chi connectivity index (χ4n) is 2.98. The molecular weight excluding hydrogens is 332 g/mol. The topological polar surface area (TPSA) is 56.7 Å². The third-order valence-corrected chi connectivity index (χ3v) is 5.32. The number of anilines is 1. The highest BCUT2D eigenvalue weighted by atomic mass is 32.1. The van der Waals surface area contributed by atoms with Crippen LogP contribution in [0.1, 0.15) is 22.5 Å². The SMILES string of the molecule is CCNC(=NCc1sc(C)nc1C)N1CCN(c2ccccn2)CC1. The summed E-state index contributed by atoms with van der Waals surface area (Å²) in [6.45, 7) is 11.6. The number of aliphatic imine (C=N–C) groups is 1. The van der Waals surface area contributed by atoms with Crippen LogP contribution >= 0.6 is 11.3 Å². The zero-order valence-corrected chi connectivity index (χ0v) is 16.0. The Bertz CT molecular complexity index is 704. The molecule has 0 saturated carbocycles. The van der Waals surface area contributed by atoms with Gasteiger partial charge in [-0.25, -0.2) is 15.0 Å². The summed E-state index contributed by atoms with van der Waals surface area (Å²) in [5.41, 5.74) is 1.10. The van der Waals surface area contributed by atoms with Crippen molar-refractivity contribution in [3.8, 4) is 0 Å². The van der Waals surface area contributed by atoms with Gasteiger partial charge in [0.2, 0.25) is 0 Å². The maximum Gasteiger partial charge on any atom is 0.194 e. The molecule has 2 aromatic rings. The molecule has 2 aromatic heterocycles. The fourth-order valence-corrected chi connectivity index (χ4v) is 3.84. The average molecular weight is 359 g/mol. The highest BCUT2D eigenvalue weighted by Crippen LogP contribution is 2.18. The largest absolute Gasteiger partial charge is 0.357 e. The number of hydrogen-bond donors (Lipinski definition) is 1. The second kappa shape index (κ2) is 8.29. The Labute approximate surface area is 153 Å². The van der Waals surface area contributed by atoms with Crippen LogP contribution in [-0.2, 0) is 6.54 Å². The van der Waals surface area contributed by atoms with E-state index in [4.69, 9.17) is 4.99 Å². The molecular formula is C18H26N6S. The maximum absolute atomic E-state index is 4.85.